The Morgan fingerprint density at radius 2 is 2.35 bits per heavy atom. The number of nitrogens with one attached hydrogen (secondary N) is 1. The van der Waals surface area contributed by atoms with Gasteiger partial charge in [-0.1, -0.05) is 18.7 Å². The van der Waals surface area contributed by atoms with E-state index in [4.69, 9.17) is 10.5 Å². The molecular weight excluding hydrogens is 296 g/mol. The van der Waals surface area contributed by atoms with Crippen molar-refractivity contribution < 1.29 is 9.53 Å². The maximum Gasteiger partial charge on any atom is 0.241 e. The minimum absolute atomic E-state index is 0. The fourth-order valence-corrected chi connectivity index (χ4v) is 1.92. The number of nitrogens with two attached hydrogens (primary N) is 1. The first-order valence-corrected chi connectivity index (χ1v) is 7.46. The number of halogens is 1. The Morgan fingerprint density at radius 1 is 1.60 bits per heavy atom. The monoisotopic (exact) mass is 316 g/mol. The zero-order valence-corrected chi connectivity index (χ0v) is 13.1. The van der Waals surface area contributed by atoms with Crippen LogP contribution in [-0.4, -0.2) is 30.6 Å². The van der Waals surface area contributed by atoms with Crippen molar-refractivity contribution in [2.24, 2.45) is 5.73 Å². The van der Waals surface area contributed by atoms with E-state index in [2.05, 4.69) is 11.9 Å². The number of amides is 1. The number of anilines is 1. The second-order valence-electron chi connectivity index (χ2n) is 4.00. The molecule has 6 heteroatoms. The number of carbonyl (C=O) groups excluding carboxylic acids is 1. The third-order valence-electron chi connectivity index (χ3n) is 2.44. The quantitative estimate of drug-likeness (QED) is 0.724. The van der Waals surface area contributed by atoms with Gasteiger partial charge < -0.3 is 15.8 Å². The number of ether oxygens (including phenoxy) is 1. The molecule has 0 aliphatic rings. The van der Waals surface area contributed by atoms with Crippen LogP contribution in [0.3, 0.4) is 0 Å². The van der Waals surface area contributed by atoms with E-state index in [0.717, 1.165) is 5.75 Å². The summed E-state index contributed by atoms with van der Waals surface area (Å²) in [6, 6.07) is 6.74. The number of rotatable bonds is 8. The molecule has 0 fully saturated rings. The maximum absolute atomic E-state index is 11.8. The largest absolute Gasteiger partial charge is 0.489 e. The number of benzene rings is 1. The highest BCUT2D eigenvalue weighted by atomic mass is 35.5. The fourth-order valence-electron chi connectivity index (χ4n) is 1.43. The first-order chi connectivity index (χ1) is 9.17. The van der Waals surface area contributed by atoms with Crippen LogP contribution in [0.2, 0.25) is 0 Å². The highest BCUT2D eigenvalue weighted by Gasteiger charge is 2.13. The second kappa shape index (κ2) is 10.6. The van der Waals surface area contributed by atoms with Gasteiger partial charge in [-0.2, -0.15) is 11.8 Å². The van der Waals surface area contributed by atoms with Crippen LogP contribution in [0.25, 0.3) is 0 Å². The van der Waals surface area contributed by atoms with E-state index in [9.17, 15) is 4.79 Å². The molecule has 0 bridgehead atoms. The van der Waals surface area contributed by atoms with E-state index < -0.39 is 6.04 Å². The second-order valence-corrected chi connectivity index (χ2v) is 4.99. The zero-order valence-electron chi connectivity index (χ0n) is 11.5. The molecule has 0 aliphatic heterocycles. The molecule has 1 aromatic carbocycles. The lowest BCUT2D eigenvalue weighted by atomic mass is 10.2. The predicted molar refractivity (Wildman–Crippen MR) is 89.0 cm³/mol. The van der Waals surface area contributed by atoms with Gasteiger partial charge >= 0.3 is 0 Å². The summed E-state index contributed by atoms with van der Waals surface area (Å²) in [5, 5.41) is 2.79. The Balaban J connectivity index is 0.00000361. The van der Waals surface area contributed by atoms with Crippen LogP contribution in [0.1, 0.15) is 6.42 Å². The average Bonchev–Trinajstić information content (AvgIpc) is 2.42. The predicted octanol–water partition coefficient (Wildman–Crippen LogP) is 2.69. The Labute approximate surface area is 130 Å². The number of hydrogen-bond acceptors (Lipinski definition) is 4. The SMILES string of the molecule is C=CCOc1cccc(NC(=O)[C@@H](N)CCSC)c1.Cl. The van der Waals surface area contributed by atoms with Crippen molar-refractivity contribution in [1.82, 2.24) is 0 Å². The van der Waals surface area contributed by atoms with Gasteiger partial charge in [-0.3, -0.25) is 4.79 Å². The summed E-state index contributed by atoms with van der Waals surface area (Å²) in [5.74, 6) is 1.39. The van der Waals surface area contributed by atoms with Crippen LogP contribution in [-0.2, 0) is 4.79 Å². The highest BCUT2D eigenvalue weighted by molar-refractivity contribution is 7.98. The summed E-state index contributed by atoms with van der Waals surface area (Å²) < 4.78 is 5.40. The summed E-state index contributed by atoms with van der Waals surface area (Å²) in [4.78, 5) is 11.8. The summed E-state index contributed by atoms with van der Waals surface area (Å²) >= 11 is 1.68. The van der Waals surface area contributed by atoms with Crippen LogP contribution in [0.5, 0.6) is 5.75 Å². The summed E-state index contributed by atoms with van der Waals surface area (Å²) in [6.07, 6.45) is 4.33. The van der Waals surface area contributed by atoms with Crippen molar-refractivity contribution in [2.45, 2.75) is 12.5 Å². The van der Waals surface area contributed by atoms with Crippen LogP contribution in [0.15, 0.2) is 36.9 Å². The van der Waals surface area contributed by atoms with E-state index in [1.807, 2.05) is 18.4 Å². The van der Waals surface area contributed by atoms with Crippen LogP contribution in [0.4, 0.5) is 5.69 Å². The third-order valence-corrected chi connectivity index (χ3v) is 3.08. The first-order valence-electron chi connectivity index (χ1n) is 6.06. The molecular formula is C14H21ClN2O2S. The van der Waals surface area contributed by atoms with Gasteiger partial charge in [-0.05, 0) is 30.6 Å². The van der Waals surface area contributed by atoms with Crippen LogP contribution < -0.4 is 15.8 Å². The molecule has 4 nitrogen and oxygen atoms in total. The molecule has 0 spiro atoms. The number of carbonyl (C=O) groups is 1. The van der Waals surface area contributed by atoms with Crippen LogP contribution in [0, 0.1) is 0 Å². The molecule has 0 unspecified atom stereocenters. The van der Waals surface area contributed by atoms with Gasteiger partial charge in [-0.25, -0.2) is 0 Å². The van der Waals surface area contributed by atoms with Crippen molar-refractivity contribution in [2.75, 3.05) is 23.9 Å². The minimum Gasteiger partial charge on any atom is -0.489 e. The lowest BCUT2D eigenvalue weighted by molar-refractivity contribution is -0.117. The van der Waals surface area contributed by atoms with Crippen molar-refractivity contribution >= 4 is 35.8 Å². The Bertz CT molecular complexity index is 429. The van der Waals surface area contributed by atoms with Gasteiger partial charge in [-0.15, -0.1) is 12.4 Å². The van der Waals surface area contributed by atoms with E-state index in [-0.39, 0.29) is 18.3 Å². The highest BCUT2D eigenvalue weighted by Crippen LogP contribution is 2.17. The van der Waals surface area contributed by atoms with Crippen molar-refractivity contribution in [1.29, 1.82) is 0 Å². The molecule has 1 atom stereocenters. The Hall–Kier alpha value is -1.17. The molecule has 20 heavy (non-hydrogen) atoms. The standard InChI is InChI=1S/C14H20N2O2S.ClH/c1-3-8-18-12-6-4-5-11(10-12)16-14(17)13(15)7-9-19-2;/h3-6,10,13H,1,7-9,15H2,2H3,(H,16,17);1H/t13-;/m0./s1. The molecule has 0 heterocycles. The Kier molecular flexibility index (Phi) is 9.98. The van der Waals surface area contributed by atoms with Gasteiger partial charge in [0.2, 0.25) is 5.91 Å². The molecule has 112 valence electrons. The molecule has 1 aromatic rings. The average molecular weight is 317 g/mol. The molecule has 3 N–H and O–H groups in total. The molecule has 0 saturated carbocycles. The Morgan fingerprint density at radius 3 is 3.00 bits per heavy atom. The summed E-state index contributed by atoms with van der Waals surface area (Å²) in [7, 11) is 0. The summed E-state index contributed by atoms with van der Waals surface area (Å²) in [5.41, 5.74) is 6.49. The molecule has 1 amide bonds. The van der Waals surface area contributed by atoms with Crippen LogP contribution >= 0.6 is 24.2 Å². The topological polar surface area (TPSA) is 64.3 Å². The molecule has 0 aliphatic carbocycles. The normalized spacial score (nSPS) is 11.1. The minimum atomic E-state index is -0.481. The smallest absolute Gasteiger partial charge is 0.241 e. The molecule has 0 aromatic heterocycles. The lowest BCUT2D eigenvalue weighted by Gasteiger charge is -2.12. The number of thioether (sulfide) groups is 1. The lowest BCUT2D eigenvalue weighted by Crippen LogP contribution is -2.36. The van der Waals surface area contributed by atoms with E-state index in [1.54, 1.807) is 30.0 Å². The number of hydrogen-bond donors (Lipinski definition) is 2. The van der Waals surface area contributed by atoms with Gasteiger partial charge in [0.25, 0.3) is 0 Å². The van der Waals surface area contributed by atoms with Crippen molar-refractivity contribution in [3.63, 3.8) is 0 Å². The zero-order chi connectivity index (χ0) is 14.1. The first kappa shape index (κ1) is 18.8. The third kappa shape index (κ3) is 6.84. The molecule has 0 radical (unpaired) electrons. The molecule has 1 rings (SSSR count). The van der Waals surface area contributed by atoms with E-state index in [0.29, 0.717) is 24.5 Å². The van der Waals surface area contributed by atoms with Gasteiger partial charge in [0.1, 0.15) is 12.4 Å². The molecule has 0 saturated heterocycles. The van der Waals surface area contributed by atoms with Crippen molar-refractivity contribution in [3.05, 3.63) is 36.9 Å². The fraction of sp³-hybridized carbons (Fsp3) is 0.357. The maximum atomic E-state index is 11.8. The van der Waals surface area contributed by atoms with Crippen molar-refractivity contribution in [3.8, 4) is 5.75 Å². The van der Waals surface area contributed by atoms with Gasteiger partial charge in [0.05, 0.1) is 6.04 Å². The van der Waals surface area contributed by atoms with E-state index in [1.165, 1.54) is 0 Å². The summed E-state index contributed by atoms with van der Waals surface area (Å²) in [6.45, 7) is 4.02. The van der Waals surface area contributed by atoms with Gasteiger partial charge in [0, 0.05) is 11.8 Å². The van der Waals surface area contributed by atoms with E-state index >= 15 is 0 Å². The van der Waals surface area contributed by atoms with Gasteiger partial charge in [0.15, 0.2) is 0 Å².